The van der Waals surface area contributed by atoms with E-state index in [1.165, 1.54) is 6.42 Å². The molecule has 0 aliphatic rings. The van der Waals surface area contributed by atoms with Crippen molar-refractivity contribution < 1.29 is 4.74 Å². The monoisotopic (exact) mass is 189 g/mol. The molecule has 0 saturated heterocycles. The highest BCUT2D eigenvalue weighted by Gasteiger charge is 2.05. The number of ether oxygens (including phenoxy) is 1. The van der Waals surface area contributed by atoms with Gasteiger partial charge in [0, 0.05) is 13.7 Å². The molecule has 2 heteroatoms. The van der Waals surface area contributed by atoms with Crippen molar-refractivity contribution >= 4 is 0 Å². The minimum atomic E-state index is 0.391. The molecular weight excluding hydrogens is 162 g/mol. The van der Waals surface area contributed by atoms with Crippen LogP contribution in [0.25, 0.3) is 0 Å². The van der Waals surface area contributed by atoms with Gasteiger partial charge in [0.05, 0.1) is 6.10 Å². The third-order valence-corrected chi connectivity index (χ3v) is 1.83. The molecular formula is C11H27NO. The summed E-state index contributed by atoms with van der Waals surface area (Å²) in [7, 11) is 3.74. The molecule has 0 rings (SSSR count). The van der Waals surface area contributed by atoms with Crippen molar-refractivity contribution in [1.82, 2.24) is 5.32 Å². The predicted molar refractivity (Wildman–Crippen MR) is 60.1 cm³/mol. The van der Waals surface area contributed by atoms with Crippen LogP contribution in [0.3, 0.4) is 0 Å². The second-order valence-electron chi connectivity index (χ2n) is 3.39. The van der Waals surface area contributed by atoms with E-state index in [0.717, 1.165) is 18.9 Å². The van der Waals surface area contributed by atoms with Gasteiger partial charge in [0.2, 0.25) is 0 Å². The van der Waals surface area contributed by atoms with Crippen LogP contribution in [0.1, 0.15) is 40.5 Å². The van der Waals surface area contributed by atoms with E-state index >= 15 is 0 Å². The number of rotatable bonds is 6. The lowest BCUT2D eigenvalue weighted by Gasteiger charge is -2.15. The standard InChI is InChI=1S/C9H21NO.C2H6/c1-8(2)5-6-9(11-4)7-10-3;1-2/h8-10H,5-7H2,1-4H3;1-2H3. The van der Waals surface area contributed by atoms with Gasteiger partial charge in [-0.3, -0.25) is 0 Å². The van der Waals surface area contributed by atoms with Crippen molar-refractivity contribution in [3.05, 3.63) is 0 Å². The van der Waals surface area contributed by atoms with E-state index in [1.807, 2.05) is 20.9 Å². The quantitative estimate of drug-likeness (QED) is 0.693. The zero-order valence-electron chi connectivity index (χ0n) is 10.2. The molecule has 13 heavy (non-hydrogen) atoms. The van der Waals surface area contributed by atoms with Gasteiger partial charge in [0.1, 0.15) is 0 Å². The smallest absolute Gasteiger partial charge is 0.0695 e. The molecule has 0 spiro atoms. The first-order valence-corrected chi connectivity index (χ1v) is 5.38. The minimum Gasteiger partial charge on any atom is -0.380 e. The van der Waals surface area contributed by atoms with Crippen molar-refractivity contribution in [2.45, 2.75) is 46.6 Å². The Bertz CT molecular complexity index is 84.2. The molecule has 1 atom stereocenters. The Kier molecular flexibility index (Phi) is 14.1. The van der Waals surface area contributed by atoms with Gasteiger partial charge < -0.3 is 10.1 Å². The third kappa shape index (κ3) is 11.9. The van der Waals surface area contributed by atoms with E-state index in [0.29, 0.717) is 6.10 Å². The minimum absolute atomic E-state index is 0.391. The second-order valence-corrected chi connectivity index (χ2v) is 3.39. The Labute approximate surface area is 84.1 Å². The average Bonchev–Trinajstić information content (AvgIpc) is 2.15. The highest BCUT2D eigenvalue weighted by molar-refractivity contribution is 4.60. The summed E-state index contributed by atoms with van der Waals surface area (Å²) in [4.78, 5) is 0. The van der Waals surface area contributed by atoms with E-state index in [-0.39, 0.29) is 0 Å². The van der Waals surface area contributed by atoms with Gasteiger partial charge in [-0.05, 0) is 25.8 Å². The largest absolute Gasteiger partial charge is 0.380 e. The van der Waals surface area contributed by atoms with Gasteiger partial charge in [-0.2, -0.15) is 0 Å². The summed E-state index contributed by atoms with van der Waals surface area (Å²) in [5.74, 6) is 0.782. The Hall–Kier alpha value is -0.0800. The molecule has 0 aromatic carbocycles. The van der Waals surface area contributed by atoms with Crippen molar-refractivity contribution in [2.75, 3.05) is 20.7 Å². The number of nitrogens with one attached hydrogen (secondary N) is 1. The van der Waals surface area contributed by atoms with Crippen molar-refractivity contribution in [1.29, 1.82) is 0 Å². The van der Waals surface area contributed by atoms with Crippen molar-refractivity contribution in [3.8, 4) is 0 Å². The first kappa shape index (κ1) is 15.4. The van der Waals surface area contributed by atoms with E-state index in [9.17, 15) is 0 Å². The van der Waals surface area contributed by atoms with Crippen LogP contribution in [-0.4, -0.2) is 26.8 Å². The van der Waals surface area contributed by atoms with E-state index in [1.54, 1.807) is 7.11 Å². The van der Waals surface area contributed by atoms with E-state index in [4.69, 9.17) is 4.74 Å². The molecule has 1 unspecified atom stereocenters. The fourth-order valence-corrected chi connectivity index (χ4v) is 1.05. The predicted octanol–water partition coefficient (Wildman–Crippen LogP) is 2.68. The summed E-state index contributed by atoms with van der Waals surface area (Å²) >= 11 is 0. The Morgan fingerprint density at radius 1 is 1.15 bits per heavy atom. The molecule has 0 bridgehead atoms. The highest BCUT2D eigenvalue weighted by atomic mass is 16.5. The summed E-state index contributed by atoms with van der Waals surface area (Å²) in [5, 5.41) is 3.12. The molecule has 0 heterocycles. The molecule has 0 saturated carbocycles. The van der Waals surface area contributed by atoms with Crippen LogP contribution in [0.5, 0.6) is 0 Å². The number of likely N-dealkylation sites (N-methyl/N-ethyl adjacent to an activating group) is 1. The van der Waals surface area contributed by atoms with E-state index in [2.05, 4.69) is 19.2 Å². The summed E-state index contributed by atoms with van der Waals surface area (Å²) in [6.45, 7) is 9.45. The van der Waals surface area contributed by atoms with Gasteiger partial charge in [0.25, 0.3) is 0 Å². The second kappa shape index (κ2) is 11.9. The summed E-state index contributed by atoms with van der Waals surface area (Å²) < 4.78 is 5.28. The maximum atomic E-state index is 5.28. The molecule has 0 aromatic rings. The maximum Gasteiger partial charge on any atom is 0.0695 e. The molecule has 0 radical (unpaired) electrons. The lowest BCUT2D eigenvalue weighted by atomic mass is 10.1. The summed E-state index contributed by atoms with van der Waals surface area (Å²) in [6.07, 6.45) is 2.80. The van der Waals surface area contributed by atoms with Gasteiger partial charge in [-0.1, -0.05) is 27.7 Å². The van der Waals surface area contributed by atoms with Crippen LogP contribution in [0, 0.1) is 5.92 Å². The third-order valence-electron chi connectivity index (χ3n) is 1.83. The first-order valence-electron chi connectivity index (χ1n) is 5.38. The number of methoxy groups -OCH3 is 1. The molecule has 0 amide bonds. The van der Waals surface area contributed by atoms with Gasteiger partial charge in [-0.25, -0.2) is 0 Å². The van der Waals surface area contributed by atoms with Gasteiger partial charge in [0.15, 0.2) is 0 Å². The van der Waals surface area contributed by atoms with Crippen molar-refractivity contribution in [3.63, 3.8) is 0 Å². The van der Waals surface area contributed by atoms with E-state index < -0.39 is 0 Å². The molecule has 0 aliphatic carbocycles. The normalized spacial score (nSPS) is 12.2. The SMILES string of the molecule is CC.CNCC(CCC(C)C)OC. The zero-order valence-corrected chi connectivity index (χ0v) is 10.2. The Morgan fingerprint density at radius 2 is 1.69 bits per heavy atom. The van der Waals surface area contributed by atoms with Gasteiger partial charge >= 0.3 is 0 Å². The van der Waals surface area contributed by atoms with Crippen LogP contribution < -0.4 is 5.32 Å². The Balaban J connectivity index is 0. The zero-order chi connectivity index (χ0) is 10.7. The summed E-state index contributed by atoms with van der Waals surface area (Å²) in [5.41, 5.74) is 0. The molecule has 0 fully saturated rings. The average molecular weight is 189 g/mol. The number of hydrogen-bond donors (Lipinski definition) is 1. The van der Waals surface area contributed by atoms with Crippen LogP contribution in [0.4, 0.5) is 0 Å². The molecule has 0 aliphatic heterocycles. The molecule has 2 nitrogen and oxygen atoms in total. The van der Waals surface area contributed by atoms with Gasteiger partial charge in [-0.15, -0.1) is 0 Å². The summed E-state index contributed by atoms with van der Waals surface area (Å²) in [6, 6.07) is 0. The van der Waals surface area contributed by atoms with Crippen LogP contribution >= 0.6 is 0 Å². The van der Waals surface area contributed by atoms with Crippen molar-refractivity contribution in [2.24, 2.45) is 5.92 Å². The van der Waals surface area contributed by atoms with Crippen LogP contribution in [0.2, 0.25) is 0 Å². The fraction of sp³-hybridized carbons (Fsp3) is 1.00. The van der Waals surface area contributed by atoms with Crippen LogP contribution in [-0.2, 0) is 4.74 Å². The fourth-order valence-electron chi connectivity index (χ4n) is 1.05. The maximum absolute atomic E-state index is 5.28. The lowest BCUT2D eigenvalue weighted by molar-refractivity contribution is 0.0913. The topological polar surface area (TPSA) is 21.3 Å². The number of hydrogen-bond acceptors (Lipinski definition) is 2. The molecule has 0 aromatic heterocycles. The lowest BCUT2D eigenvalue weighted by Crippen LogP contribution is -2.25. The highest BCUT2D eigenvalue weighted by Crippen LogP contribution is 2.07. The molecule has 1 N–H and O–H groups in total. The van der Waals surface area contributed by atoms with Crippen LogP contribution in [0.15, 0.2) is 0 Å². The molecule has 82 valence electrons. The first-order chi connectivity index (χ1) is 6.20. The Morgan fingerprint density at radius 3 is 2.00 bits per heavy atom.